The number of nitrogens with zero attached hydrogens (tertiary/aromatic N) is 8. The van der Waals surface area contributed by atoms with Gasteiger partial charge in [0.05, 0.1) is 0 Å². The zero-order valence-electron chi connectivity index (χ0n) is 36.0. The van der Waals surface area contributed by atoms with Crippen molar-refractivity contribution in [1.29, 1.82) is 0 Å². The van der Waals surface area contributed by atoms with Crippen LogP contribution in [0.5, 0.6) is 0 Å². The predicted octanol–water partition coefficient (Wildman–Crippen LogP) is 4.54. The van der Waals surface area contributed by atoms with E-state index >= 15 is 0 Å². The third-order valence-electron chi connectivity index (χ3n) is 10.6. The number of fused-ring (bicyclic) bond motifs is 4. The van der Waals surface area contributed by atoms with Crippen LogP contribution in [0.3, 0.4) is 0 Å². The van der Waals surface area contributed by atoms with Crippen molar-refractivity contribution < 1.29 is 52.6 Å². The van der Waals surface area contributed by atoms with Crippen LogP contribution >= 0.6 is 0 Å². The van der Waals surface area contributed by atoms with Gasteiger partial charge in [-0.3, -0.25) is 0 Å². The van der Waals surface area contributed by atoms with Gasteiger partial charge in [-0.05, 0) is 0 Å². The minimum atomic E-state index is -6.00. The van der Waals surface area contributed by atoms with Gasteiger partial charge in [-0.1, -0.05) is 0 Å². The minimum absolute atomic E-state index is 0. The van der Waals surface area contributed by atoms with Gasteiger partial charge in [-0.25, -0.2) is 0 Å². The minimum Gasteiger partial charge on any atom is -0.418 e. The number of hydrogen-bond acceptors (Lipinski definition) is 0. The van der Waals surface area contributed by atoms with Crippen LogP contribution in [0.2, 0.25) is 0 Å². The molecule has 0 aliphatic heterocycles. The van der Waals surface area contributed by atoms with Crippen LogP contribution in [0.1, 0.15) is 79.6 Å². The van der Waals surface area contributed by atoms with Gasteiger partial charge >= 0.3 is 391 Å². The van der Waals surface area contributed by atoms with Gasteiger partial charge in [-0.2, -0.15) is 0 Å². The topological polar surface area (TPSA) is 35.2 Å². The first-order chi connectivity index (χ1) is 28.8. The molecule has 0 saturated carbocycles. The van der Waals surface area contributed by atoms with E-state index in [1.54, 1.807) is 0 Å². The Hall–Kier alpha value is -2.86. The molecule has 8 rings (SSSR count). The SMILES string of the molecule is CC(C)n1c([Se-])[n+](CC[n+]2c([Se-])n(C(C)C)c3ccccc32)c2ccccc21.CC(C)n1c([Se-])[n+](CC[n+]2c([Se-])n(C(C)C)c3ccccc32)c2ccccc21.F[B-](F)(F)F.[Cu+]. The normalized spacial score (nSPS) is 11.9. The fourth-order valence-electron chi connectivity index (χ4n) is 8.19. The summed E-state index contributed by atoms with van der Waals surface area (Å²) in [4.78, 5) is 0. The molecule has 0 saturated heterocycles. The largest absolute Gasteiger partial charge is 1.00 e. The molecule has 62 heavy (non-hydrogen) atoms. The van der Waals surface area contributed by atoms with E-state index in [1.165, 1.54) is 63.0 Å². The van der Waals surface area contributed by atoms with Gasteiger partial charge in [0.25, 0.3) is 0 Å². The van der Waals surface area contributed by atoms with Gasteiger partial charge in [0.2, 0.25) is 0 Å². The van der Waals surface area contributed by atoms with E-state index in [4.69, 9.17) is 0 Å². The second kappa shape index (κ2) is 21.0. The zero-order valence-corrected chi connectivity index (χ0v) is 43.8. The molecule has 0 radical (unpaired) electrons. The van der Waals surface area contributed by atoms with Gasteiger partial charge in [0, 0.05) is 0 Å². The number of aryl methyl sites for hydroxylation is 4. The summed E-state index contributed by atoms with van der Waals surface area (Å²) in [6.45, 7) is 21.5. The van der Waals surface area contributed by atoms with Crippen molar-refractivity contribution in [3.63, 3.8) is 0 Å². The summed E-state index contributed by atoms with van der Waals surface area (Å²) in [6, 6.07) is 36.3. The first-order valence-corrected chi connectivity index (χ1v) is 23.9. The van der Waals surface area contributed by atoms with Crippen molar-refractivity contribution in [2.45, 2.75) is 106 Å². The molecule has 0 N–H and O–H groups in total. The monoisotopic (exact) mass is 1160 g/mol. The summed E-state index contributed by atoms with van der Waals surface area (Å²) < 4.78 is 62.9. The van der Waals surface area contributed by atoms with Gasteiger partial charge in [-0.15, -0.1) is 0 Å². The Balaban J connectivity index is 0.000000208. The molecule has 8 nitrogen and oxygen atoms in total. The maximum Gasteiger partial charge on any atom is 1.00 e. The Labute approximate surface area is 404 Å². The maximum absolute atomic E-state index is 9.75. The van der Waals surface area contributed by atoms with E-state index in [2.05, 4.69) is 253 Å². The third kappa shape index (κ3) is 10.5. The molecule has 334 valence electrons. The van der Waals surface area contributed by atoms with Crippen molar-refractivity contribution in [3.8, 4) is 0 Å². The molecule has 0 bridgehead atoms. The Morgan fingerprint density at radius 1 is 0.387 bits per heavy atom. The maximum atomic E-state index is 9.75. The number of rotatable bonds is 10. The van der Waals surface area contributed by atoms with E-state index in [-0.39, 0.29) is 17.1 Å². The molecule has 0 spiro atoms. The number of imidazole rings is 4. The van der Waals surface area contributed by atoms with E-state index in [9.17, 15) is 17.3 Å². The molecule has 4 aromatic carbocycles. The van der Waals surface area contributed by atoms with Crippen LogP contribution in [-0.2, 0) is 43.2 Å². The molecular weight excluding hydrogens is 1110 g/mol. The van der Waals surface area contributed by atoms with Crippen LogP contribution in [0.25, 0.3) is 44.1 Å². The van der Waals surface area contributed by atoms with Crippen molar-refractivity contribution >= 4 is 134 Å². The van der Waals surface area contributed by atoms with Gasteiger partial charge in [0.1, 0.15) is 0 Å². The molecule has 0 aliphatic rings. The first-order valence-electron chi connectivity index (χ1n) is 20.5. The van der Waals surface area contributed by atoms with Crippen molar-refractivity contribution in [3.05, 3.63) is 97.1 Å². The Kier molecular flexibility index (Phi) is 17.0. The number of benzene rings is 4. The van der Waals surface area contributed by atoms with E-state index in [0.717, 1.165) is 26.2 Å². The molecule has 4 heterocycles. The Morgan fingerprint density at radius 2 is 0.548 bits per heavy atom. The fraction of sp³-hybridized carbons (Fsp3) is 0.364. The molecule has 0 unspecified atom stereocenters. The Bertz CT molecular complexity index is 2440. The smallest absolute Gasteiger partial charge is 0.418 e. The molecule has 0 fully saturated rings. The van der Waals surface area contributed by atoms with E-state index < -0.39 is 7.25 Å². The van der Waals surface area contributed by atoms with Crippen LogP contribution in [0, 0.1) is 0 Å². The van der Waals surface area contributed by atoms with E-state index in [0.29, 0.717) is 24.2 Å². The first kappa shape index (κ1) is 50.1. The second-order valence-corrected chi connectivity index (χ2v) is 19.1. The summed E-state index contributed by atoms with van der Waals surface area (Å²) in [5.41, 5.74) is 10.2. The zero-order chi connectivity index (χ0) is 44.5. The van der Waals surface area contributed by atoms with Gasteiger partial charge in [0.15, 0.2) is 0 Å². The van der Waals surface area contributed by atoms with Crippen molar-refractivity contribution in [2.24, 2.45) is 0 Å². The number of para-hydroxylation sites is 8. The third-order valence-corrected chi connectivity index (χ3v) is 14.1. The van der Waals surface area contributed by atoms with Crippen molar-refractivity contribution in [2.75, 3.05) is 0 Å². The summed E-state index contributed by atoms with van der Waals surface area (Å²) in [5, 5.41) is 0. The molecule has 0 amide bonds. The summed E-state index contributed by atoms with van der Waals surface area (Å²) in [6.07, 6.45) is 0. The number of aromatic nitrogens is 8. The second-order valence-electron chi connectivity index (χ2n) is 16.0. The van der Waals surface area contributed by atoms with Crippen LogP contribution in [0.4, 0.5) is 17.3 Å². The number of halogens is 4. The average Bonchev–Trinajstić information content (AvgIpc) is 3.85. The number of hydrogen-bond donors (Lipinski definition) is 0. The summed E-state index contributed by atoms with van der Waals surface area (Å²) in [7, 11) is -6.00. The Morgan fingerprint density at radius 3 is 0.710 bits per heavy atom. The standard InChI is InChI=1S/2C22H26N4Se2.BF4.Cu/c2*1-15(2)25-19-11-7-5-9-17(19)23(21(25)27)13-14-24-18-10-6-8-12-20(18)26(16(3)4)22(24)28;2-1(3,4)5;/h2*5-12,15-16H,13-14H2,1-4H3;;/q;;-1;+1. The van der Waals surface area contributed by atoms with Crippen LogP contribution in [0.15, 0.2) is 97.1 Å². The van der Waals surface area contributed by atoms with Crippen molar-refractivity contribution in [1.82, 2.24) is 18.3 Å². The molecule has 0 atom stereocenters. The van der Waals surface area contributed by atoms with Crippen LogP contribution in [-0.4, -0.2) is 89.6 Å². The molecular formula is C44H52BCuF4N8Se4. The van der Waals surface area contributed by atoms with Crippen LogP contribution < -0.4 is 37.2 Å². The quantitative estimate of drug-likeness (QED) is 0.110. The summed E-state index contributed by atoms with van der Waals surface area (Å²) in [5.74, 6) is 0. The van der Waals surface area contributed by atoms with Gasteiger partial charge < -0.3 is 17.3 Å². The average molecular weight is 1160 g/mol. The predicted molar refractivity (Wildman–Crippen MR) is 242 cm³/mol. The van der Waals surface area contributed by atoms with E-state index in [1.807, 2.05) is 0 Å². The molecule has 18 heteroatoms. The molecule has 4 aromatic heterocycles. The molecule has 0 aliphatic carbocycles. The summed E-state index contributed by atoms with van der Waals surface area (Å²) >= 11 is 13.3. The fourth-order valence-corrected chi connectivity index (χ4v) is 12.4. The molecule has 8 aromatic rings.